The molecule has 3 heterocycles. The van der Waals surface area contributed by atoms with Crippen LogP contribution in [0, 0.1) is 5.41 Å². The lowest BCUT2D eigenvalue weighted by Crippen LogP contribution is -2.35. The molecule has 1 aromatic heterocycles. The van der Waals surface area contributed by atoms with E-state index in [2.05, 4.69) is 10.1 Å². The van der Waals surface area contributed by atoms with Gasteiger partial charge in [0.1, 0.15) is 16.6 Å². The molecular formula is C22H12Cl2N4O2S. The molecule has 0 saturated heterocycles. The number of halogens is 2. The minimum Gasteiger partial charge on any atom is -0.457 e. The summed E-state index contributed by atoms with van der Waals surface area (Å²) >= 11 is 13.5. The predicted molar refractivity (Wildman–Crippen MR) is 125 cm³/mol. The highest BCUT2D eigenvalue weighted by atomic mass is 35.5. The van der Waals surface area contributed by atoms with E-state index in [1.807, 2.05) is 30.3 Å². The monoisotopic (exact) mass is 466 g/mol. The molecule has 0 radical (unpaired) electrons. The summed E-state index contributed by atoms with van der Waals surface area (Å²) < 4.78 is 5.83. The number of rotatable bonds is 3. The number of thioether (sulfide) groups is 1. The maximum atomic E-state index is 12.6. The molecule has 31 heavy (non-hydrogen) atoms. The van der Waals surface area contributed by atoms with Gasteiger partial charge in [0.2, 0.25) is 5.17 Å². The molecule has 0 fully saturated rings. The molecule has 2 aromatic carbocycles. The Balaban J connectivity index is 1.46. The second kappa shape index (κ2) is 7.85. The molecule has 1 amide bonds. The number of nitrogens with one attached hydrogen (secondary N) is 1. The lowest BCUT2D eigenvalue weighted by atomic mass is 10.1. The molecule has 0 bridgehead atoms. The highest BCUT2D eigenvalue weighted by Gasteiger charge is 2.36. The summed E-state index contributed by atoms with van der Waals surface area (Å²) in [7, 11) is 0. The SMILES string of the molecule is N=C1/C(=C/c2ccc(-c3cc(Cl)ccc3Cl)o2)C(=O)N=C2SC(c3ccccc3)=NN12. The summed E-state index contributed by atoms with van der Waals surface area (Å²) in [6, 6.07) is 18.0. The largest absolute Gasteiger partial charge is 0.457 e. The van der Waals surface area contributed by atoms with Gasteiger partial charge in [0.15, 0.2) is 5.84 Å². The molecule has 152 valence electrons. The van der Waals surface area contributed by atoms with Gasteiger partial charge in [0.25, 0.3) is 5.91 Å². The number of nitrogens with zero attached hydrogens (tertiary/aromatic N) is 3. The third-order valence-corrected chi connectivity index (χ3v) is 6.10. The topological polar surface area (TPSA) is 82.0 Å². The van der Waals surface area contributed by atoms with E-state index in [1.54, 1.807) is 30.3 Å². The van der Waals surface area contributed by atoms with Crippen LogP contribution in [0.2, 0.25) is 10.0 Å². The van der Waals surface area contributed by atoms with Crippen LogP contribution in [-0.2, 0) is 4.79 Å². The standard InChI is InChI=1S/C22H12Cl2N4O2S/c23-13-6-8-17(24)15(10-13)18-9-7-14(30-18)11-16-19(25)28-22(26-20(16)29)31-21(27-28)12-4-2-1-3-5-12/h1-11,25H/b16-11-,25-19?. The van der Waals surface area contributed by atoms with E-state index in [-0.39, 0.29) is 11.4 Å². The zero-order valence-electron chi connectivity index (χ0n) is 15.7. The average molecular weight is 467 g/mol. The first kappa shape index (κ1) is 19.8. The Morgan fingerprint density at radius 1 is 1.06 bits per heavy atom. The van der Waals surface area contributed by atoms with Crippen molar-refractivity contribution in [1.29, 1.82) is 5.41 Å². The predicted octanol–water partition coefficient (Wildman–Crippen LogP) is 5.92. The van der Waals surface area contributed by atoms with Crippen molar-refractivity contribution in [2.24, 2.45) is 10.1 Å². The van der Waals surface area contributed by atoms with E-state index >= 15 is 0 Å². The first-order chi connectivity index (χ1) is 15.0. The van der Waals surface area contributed by atoms with Crippen molar-refractivity contribution < 1.29 is 9.21 Å². The molecule has 1 N–H and O–H groups in total. The van der Waals surface area contributed by atoms with Crippen LogP contribution in [0.5, 0.6) is 0 Å². The minimum absolute atomic E-state index is 0.0628. The van der Waals surface area contributed by atoms with Gasteiger partial charge in [-0.3, -0.25) is 10.2 Å². The first-order valence-corrected chi connectivity index (χ1v) is 10.7. The third-order valence-electron chi connectivity index (χ3n) is 4.58. The fourth-order valence-corrected chi connectivity index (χ4v) is 4.37. The van der Waals surface area contributed by atoms with Gasteiger partial charge < -0.3 is 4.42 Å². The Morgan fingerprint density at radius 2 is 1.87 bits per heavy atom. The third kappa shape index (κ3) is 3.72. The number of carbonyl (C=O) groups excluding carboxylic acids is 1. The Hall–Kier alpha value is -3.13. The minimum atomic E-state index is -0.521. The number of carbonyl (C=O) groups is 1. The van der Waals surface area contributed by atoms with Gasteiger partial charge in [-0.15, -0.1) is 0 Å². The molecule has 0 spiro atoms. The quantitative estimate of drug-likeness (QED) is 0.485. The van der Waals surface area contributed by atoms with Gasteiger partial charge in [0.05, 0.1) is 10.6 Å². The van der Waals surface area contributed by atoms with Crippen LogP contribution in [0.25, 0.3) is 17.4 Å². The number of fused-ring (bicyclic) bond motifs is 1. The highest BCUT2D eigenvalue weighted by Crippen LogP contribution is 2.34. The number of hydrogen-bond acceptors (Lipinski definition) is 5. The summed E-state index contributed by atoms with van der Waals surface area (Å²) in [4.78, 5) is 16.7. The number of amides is 1. The number of hydrogen-bond donors (Lipinski definition) is 1. The zero-order chi connectivity index (χ0) is 21.5. The maximum Gasteiger partial charge on any atom is 0.283 e. The fraction of sp³-hybridized carbons (Fsp3) is 0. The van der Waals surface area contributed by atoms with E-state index < -0.39 is 5.91 Å². The summed E-state index contributed by atoms with van der Waals surface area (Å²) in [6.45, 7) is 0. The van der Waals surface area contributed by atoms with Crippen LogP contribution < -0.4 is 0 Å². The van der Waals surface area contributed by atoms with Gasteiger partial charge in [-0.25, -0.2) is 0 Å². The molecule has 2 aliphatic rings. The average Bonchev–Trinajstić information content (AvgIpc) is 3.41. The van der Waals surface area contributed by atoms with Crippen molar-refractivity contribution in [3.63, 3.8) is 0 Å². The number of aliphatic imine (C=N–C) groups is 1. The van der Waals surface area contributed by atoms with Crippen molar-refractivity contribution in [2.45, 2.75) is 0 Å². The Bertz CT molecular complexity index is 1330. The molecule has 0 saturated carbocycles. The molecule has 3 aromatic rings. The van der Waals surface area contributed by atoms with E-state index in [9.17, 15) is 4.79 Å². The number of furan rings is 1. The van der Waals surface area contributed by atoms with Crippen LogP contribution in [0.3, 0.4) is 0 Å². The van der Waals surface area contributed by atoms with Crippen LogP contribution in [0.1, 0.15) is 11.3 Å². The number of amidine groups is 2. The molecular weight excluding hydrogens is 455 g/mol. The van der Waals surface area contributed by atoms with E-state index in [1.165, 1.54) is 22.8 Å². The van der Waals surface area contributed by atoms with Crippen molar-refractivity contribution in [1.82, 2.24) is 5.01 Å². The second-order valence-electron chi connectivity index (χ2n) is 6.62. The molecule has 0 atom stereocenters. The number of hydrazone groups is 1. The van der Waals surface area contributed by atoms with Gasteiger partial charge in [-0.2, -0.15) is 15.1 Å². The molecule has 0 aliphatic carbocycles. The number of benzene rings is 2. The van der Waals surface area contributed by atoms with Gasteiger partial charge in [-0.05, 0) is 48.2 Å². The van der Waals surface area contributed by atoms with Crippen LogP contribution in [-0.4, -0.2) is 27.0 Å². The summed E-state index contributed by atoms with van der Waals surface area (Å²) in [6.07, 6.45) is 1.48. The van der Waals surface area contributed by atoms with E-state index in [0.717, 1.165) is 5.56 Å². The lowest BCUT2D eigenvalue weighted by Gasteiger charge is -2.19. The Labute approximate surface area is 191 Å². The van der Waals surface area contributed by atoms with Gasteiger partial charge in [-0.1, -0.05) is 53.5 Å². The van der Waals surface area contributed by atoms with Crippen molar-refractivity contribution >= 4 is 63.0 Å². The first-order valence-electron chi connectivity index (χ1n) is 9.10. The zero-order valence-corrected chi connectivity index (χ0v) is 18.0. The molecule has 6 nitrogen and oxygen atoms in total. The highest BCUT2D eigenvalue weighted by molar-refractivity contribution is 8.27. The summed E-state index contributed by atoms with van der Waals surface area (Å²) in [5.41, 5.74) is 1.61. The van der Waals surface area contributed by atoms with Crippen molar-refractivity contribution in [2.75, 3.05) is 0 Å². The fourth-order valence-electron chi connectivity index (χ4n) is 3.09. The second-order valence-corrected chi connectivity index (χ2v) is 8.42. The van der Waals surface area contributed by atoms with Crippen molar-refractivity contribution in [3.8, 4) is 11.3 Å². The Kier molecular flexibility index (Phi) is 5.02. The summed E-state index contributed by atoms with van der Waals surface area (Å²) in [5.74, 6) is 0.301. The van der Waals surface area contributed by atoms with E-state index in [4.69, 9.17) is 33.0 Å². The lowest BCUT2D eigenvalue weighted by molar-refractivity contribution is -0.114. The van der Waals surface area contributed by atoms with E-state index in [0.29, 0.717) is 37.3 Å². The normalized spacial score (nSPS) is 17.1. The smallest absolute Gasteiger partial charge is 0.283 e. The molecule has 5 rings (SSSR count). The molecule has 9 heteroatoms. The van der Waals surface area contributed by atoms with Crippen LogP contribution in [0.15, 0.2) is 80.7 Å². The molecule has 0 unspecified atom stereocenters. The van der Waals surface area contributed by atoms with Gasteiger partial charge in [0, 0.05) is 16.1 Å². The Morgan fingerprint density at radius 3 is 2.68 bits per heavy atom. The van der Waals surface area contributed by atoms with Crippen molar-refractivity contribution in [3.05, 3.63) is 87.6 Å². The maximum absolute atomic E-state index is 12.6. The molecule has 2 aliphatic heterocycles. The van der Waals surface area contributed by atoms with Crippen LogP contribution >= 0.6 is 35.0 Å². The summed E-state index contributed by atoms with van der Waals surface area (Å²) in [5, 5.41) is 16.4. The van der Waals surface area contributed by atoms with Gasteiger partial charge >= 0.3 is 0 Å². The van der Waals surface area contributed by atoms with Crippen LogP contribution in [0.4, 0.5) is 0 Å².